The highest BCUT2D eigenvalue weighted by atomic mass is 16.5. The van der Waals surface area contributed by atoms with Gasteiger partial charge in [-0.15, -0.1) is 0 Å². The van der Waals surface area contributed by atoms with Crippen LogP contribution < -0.4 is 0 Å². The van der Waals surface area contributed by atoms with Crippen molar-refractivity contribution in [3.8, 4) is 0 Å². The molecule has 2 aliphatic carbocycles. The quantitative estimate of drug-likeness (QED) is 0.340. The van der Waals surface area contributed by atoms with Crippen molar-refractivity contribution < 1.29 is 24.2 Å². The summed E-state index contributed by atoms with van der Waals surface area (Å²) in [7, 11) is 1.74. The van der Waals surface area contributed by atoms with E-state index in [9.17, 15) is 19.5 Å². The smallest absolute Gasteiger partial charge is 0.309 e. The average Bonchev–Trinajstić information content (AvgIpc) is 2.75. The zero-order valence-electron chi connectivity index (χ0n) is 21.5. The molecule has 0 radical (unpaired) electrons. The van der Waals surface area contributed by atoms with Crippen molar-refractivity contribution in [1.29, 1.82) is 0 Å². The predicted molar refractivity (Wildman–Crippen MR) is 131 cm³/mol. The highest BCUT2D eigenvalue weighted by molar-refractivity contribution is 5.87. The van der Waals surface area contributed by atoms with E-state index < -0.39 is 11.4 Å². The summed E-state index contributed by atoms with van der Waals surface area (Å²) in [5.74, 6) is -0.132. The SMILES string of the molecule is COC(C)(C)CCCC1CCCC(/C=C\C2CCCC(CCCC(C)(C)C(=O)O)C2=O)C1=O. The number of methoxy groups -OCH3 is 1. The Balaban J connectivity index is 1.86. The summed E-state index contributed by atoms with van der Waals surface area (Å²) in [6.07, 6.45) is 14.8. The minimum atomic E-state index is -0.781. The van der Waals surface area contributed by atoms with Gasteiger partial charge in [0.2, 0.25) is 0 Å². The standard InChI is InChI=1S/C28H46O5/c1-27(2,26(31)32)18-8-14-20-10-6-12-22(24(20)29)16-17-23-13-7-11-21(25(23)30)15-9-19-28(3,4)33-5/h16-17,20-23H,6-15,18-19H2,1-5H3,(H,31,32)/b17-16-. The number of carbonyl (C=O) groups is 3. The van der Waals surface area contributed by atoms with Gasteiger partial charge in [0.1, 0.15) is 11.6 Å². The molecule has 0 bridgehead atoms. The summed E-state index contributed by atoms with van der Waals surface area (Å²) in [4.78, 5) is 37.4. The third kappa shape index (κ3) is 8.35. The Morgan fingerprint density at radius 3 is 1.76 bits per heavy atom. The Labute approximate surface area is 200 Å². The minimum Gasteiger partial charge on any atom is -0.481 e. The van der Waals surface area contributed by atoms with Crippen LogP contribution in [0.2, 0.25) is 0 Å². The molecule has 0 aliphatic heterocycles. The molecule has 0 aromatic heterocycles. The van der Waals surface area contributed by atoms with Crippen LogP contribution in [-0.2, 0) is 19.1 Å². The molecule has 0 spiro atoms. The van der Waals surface area contributed by atoms with Crippen LogP contribution in [0.25, 0.3) is 0 Å². The lowest BCUT2D eigenvalue weighted by Gasteiger charge is -2.29. The lowest BCUT2D eigenvalue weighted by Crippen LogP contribution is -2.30. The Morgan fingerprint density at radius 1 is 0.879 bits per heavy atom. The van der Waals surface area contributed by atoms with Crippen LogP contribution in [0.15, 0.2) is 12.2 Å². The highest BCUT2D eigenvalue weighted by Crippen LogP contribution is 2.35. The molecule has 5 nitrogen and oxygen atoms in total. The lowest BCUT2D eigenvalue weighted by molar-refractivity contribution is -0.147. The number of ether oxygens (including phenoxy) is 1. The maximum atomic E-state index is 13.0. The van der Waals surface area contributed by atoms with Gasteiger partial charge in [-0.3, -0.25) is 14.4 Å². The van der Waals surface area contributed by atoms with Gasteiger partial charge in [-0.2, -0.15) is 0 Å². The lowest BCUT2D eigenvalue weighted by atomic mass is 9.74. The molecule has 0 heterocycles. The largest absolute Gasteiger partial charge is 0.481 e. The van der Waals surface area contributed by atoms with E-state index in [1.165, 1.54) is 0 Å². The Kier molecular flexibility index (Phi) is 10.3. The molecule has 2 saturated carbocycles. The molecule has 2 fully saturated rings. The maximum Gasteiger partial charge on any atom is 0.309 e. The van der Waals surface area contributed by atoms with Gasteiger partial charge in [-0.05, 0) is 85.5 Å². The fraction of sp³-hybridized carbons (Fsp3) is 0.821. The van der Waals surface area contributed by atoms with Crippen molar-refractivity contribution in [3.63, 3.8) is 0 Å². The van der Waals surface area contributed by atoms with Gasteiger partial charge in [0.05, 0.1) is 11.0 Å². The van der Waals surface area contributed by atoms with Crippen LogP contribution in [0, 0.1) is 29.1 Å². The van der Waals surface area contributed by atoms with Crippen LogP contribution in [0.3, 0.4) is 0 Å². The van der Waals surface area contributed by atoms with Crippen molar-refractivity contribution in [2.24, 2.45) is 29.1 Å². The molecular weight excluding hydrogens is 416 g/mol. The van der Waals surface area contributed by atoms with E-state index >= 15 is 0 Å². The Hall–Kier alpha value is -1.49. The van der Waals surface area contributed by atoms with Gasteiger partial charge in [-0.1, -0.05) is 31.4 Å². The van der Waals surface area contributed by atoms with Crippen molar-refractivity contribution in [1.82, 2.24) is 0 Å². The number of carboxylic acids is 1. The van der Waals surface area contributed by atoms with Crippen LogP contribution >= 0.6 is 0 Å². The zero-order valence-corrected chi connectivity index (χ0v) is 21.5. The summed E-state index contributed by atoms with van der Waals surface area (Å²) >= 11 is 0. The van der Waals surface area contributed by atoms with Crippen molar-refractivity contribution in [2.75, 3.05) is 7.11 Å². The van der Waals surface area contributed by atoms with Gasteiger partial charge in [-0.25, -0.2) is 0 Å². The highest BCUT2D eigenvalue weighted by Gasteiger charge is 2.33. The van der Waals surface area contributed by atoms with Gasteiger partial charge in [0.15, 0.2) is 0 Å². The summed E-state index contributed by atoms with van der Waals surface area (Å²) in [5.41, 5.74) is -0.882. The first kappa shape index (κ1) is 27.8. The fourth-order valence-electron chi connectivity index (χ4n) is 5.34. The Morgan fingerprint density at radius 2 is 1.33 bits per heavy atom. The van der Waals surface area contributed by atoms with Gasteiger partial charge >= 0.3 is 5.97 Å². The number of allylic oxidation sites excluding steroid dienone is 2. The number of carbonyl (C=O) groups excluding carboxylic acids is 2. The van der Waals surface area contributed by atoms with Gasteiger partial charge < -0.3 is 9.84 Å². The molecule has 0 aromatic rings. The van der Waals surface area contributed by atoms with E-state index in [0.29, 0.717) is 12.2 Å². The summed E-state index contributed by atoms with van der Waals surface area (Å²) < 4.78 is 5.50. The van der Waals surface area contributed by atoms with E-state index in [1.807, 2.05) is 12.2 Å². The van der Waals surface area contributed by atoms with E-state index in [2.05, 4.69) is 13.8 Å². The normalized spacial score (nSPS) is 27.3. The third-order valence-electron chi connectivity index (χ3n) is 8.06. The second-order valence-corrected chi connectivity index (χ2v) is 11.6. The fourth-order valence-corrected chi connectivity index (χ4v) is 5.34. The molecule has 0 aromatic carbocycles. The third-order valence-corrected chi connectivity index (χ3v) is 8.06. The number of hydrogen-bond donors (Lipinski definition) is 1. The van der Waals surface area contributed by atoms with E-state index in [4.69, 9.17) is 4.74 Å². The molecule has 4 atom stereocenters. The van der Waals surface area contributed by atoms with Gasteiger partial charge in [0.25, 0.3) is 0 Å². The van der Waals surface area contributed by atoms with Crippen molar-refractivity contribution in [2.45, 2.75) is 110 Å². The van der Waals surface area contributed by atoms with E-state index in [0.717, 1.165) is 70.6 Å². The number of carboxylic acid groups (broad SMARTS) is 1. The number of ketones is 2. The first-order valence-corrected chi connectivity index (χ1v) is 13.0. The van der Waals surface area contributed by atoms with Gasteiger partial charge in [0, 0.05) is 30.8 Å². The Bertz CT molecular complexity index is 705. The molecule has 4 unspecified atom stereocenters. The number of hydrogen-bond acceptors (Lipinski definition) is 4. The molecule has 0 amide bonds. The molecule has 5 heteroatoms. The molecule has 2 aliphatic rings. The predicted octanol–water partition coefficient (Wildman–Crippen LogP) is 6.39. The summed E-state index contributed by atoms with van der Waals surface area (Å²) in [6.45, 7) is 7.67. The molecule has 33 heavy (non-hydrogen) atoms. The van der Waals surface area contributed by atoms with Crippen LogP contribution in [0.4, 0.5) is 0 Å². The molecule has 2 rings (SSSR count). The summed E-state index contributed by atoms with van der Waals surface area (Å²) in [5, 5.41) is 9.29. The second kappa shape index (κ2) is 12.3. The van der Waals surface area contributed by atoms with E-state index in [-0.39, 0.29) is 35.1 Å². The molecule has 0 saturated heterocycles. The monoisotopic (exact) mass is 462 g/mol. The molecular formula is C28H46O5. The van der Waals surface area contributed by atoms with Crippen LogP contribution in [-0.4, -0.2) is 35.4 Å². The minimum absolute atomic E-state index is 0.0249. The van der Waals surface area contributed by atoms with E-state index in [1.54, 1.807) is 21.0 Å². The zero-order chi connectivity index (χ0) is 24.6. The van der Waals surface area contributed by atoms with Crippen LogP contribution in [0.1, 0.15) is 105 Å². The number of aliphatic carboxylic acids is 1. The first-order valence-electron chi connectivity index (χ1n) is 13.0. The number of Topliss-reactive ketones (excluding diaryl/α,β-unsaturated/α-hetero) is 2. The number of rotatable bonds is 12. The van der Waals surface area contributed by atoms with Crippen molar-refractivity contribution >= 4 is 17.5 Å². The average molecular weight is 463 g/mol. The second-order valence-electron chi connectivity index (χ2n) is 11.6. The topological polar surface area (TPSA) is 80.7 Å². The summed E-state index contributed by atoms with van der Waals surface area (Å²) in [6, 6.07) is 0. The maximum absolute atomic E-state index is 13.0. The van der Waals surface area contributed by atoms with Crippen LogP contribution in [0.5, 0.6) is 0 Å². The molecule has 188 valence electrons. The first-order chi connectivity index (χ1) is 15.5. The van der Waals surface area contributed by atoms with Crippen molar-refractivity contribution in [3.05, 3.63) is 12.2 Å². The molecule has 1 N–H and O–H groups in total.